The van der Waals surface area contributed by atoms with Crippen LogP contribution in [0.3, 0.4) is 0 Å². The molecule has 0 fully saturated rings. The molecule has 8 nitrogen and oxygen atoms in total. The number of amides is 1. The molecule has 4 rings (SSSR count). The maximum absolute atomic E-state index is 13.7. The Morgan fingerprint density at radius 1 is 1.00 bits per heavy atom. The average Bonchev–Trinajstić information content (AvgIpc) is 2.91. The van der Waals surface area contributed by atoms with Gasteiger partial charge in [-0.15, -0.1) is 0 Å². The predicted molar refractivity (Wildman–Crippen MR) is 119 cm³/mol. The number of nitro benzene ring substituents is 1. The molecule has 164 valence electrons. The van der Waals surface area contributed by atoms with Gasteiger partial charge in [0.2, 0.25) is 0 Å². The van der Waals surface area contributed by atoms with Gasteiger partial charge in [-0.3, -0.25) is 14.9 Å². The van der Waals surface area contributed by atoms with Crippen LogP contribution in [0.2, 0.25) is 0 Å². The molecule has 0 unspecified atom stereocenters. The van der Waals surface area contributed by atoms with E-state index >= 15 is 0 Å². The number of methoxy groups -OCH3 is 1. The van der Waals surface area contributed by atoms with Crippen molar-refractivity contribution >= 4 is 17.3 Å². The lowest BCUT2D eigenvalue weighted by Gasteiger charge is -2.22. The van der Waals surface area contributed by atoms with Crippen molar-refractivity contribution in [1.82, 2.24) is 0 Å². The first-order valence-corrected chi connectivity index (χ1v) is 10.3. The van der Waals surface area contributed by atoms with Crippen molar-refractivity contribution in [3.05, 3.63) is 76.3 Å². The SMILES string of the molecule is CCCCN1C(=O)c2c(Oc3ccccc3OC)cc([N+](=O)[O-])cc2Oc2ccccc21. The van der Waals surface area contributed by atoms with Gasteiger partial charge in [0, 0.05) is 6.54 Å². The summed E-state index contributed by atoms with van der Waals surface area (Å²) in [5, 5.41) is 11.6. The zero-order valence-corrected chi connectivity index (χ0v) is 17.7. The number of ether oxygens (including phenoxy) is 3. The molecule has 0 radical (unpaired) electrons. The maximum Gasteiger partial charge on any atom is 0.276 e. The van der Waals surface area contributed by atoms with E-state index in [1.165, 1.54) is 19.2 Å². The smallest absolute Gasteiger partial charge is 0.276 e. The van der Waals surface area contributed by atoms with Gasteiger partial charge < -0.3 is 19.1 Å². The number of hydrogen-bond donors (Lipinski definition) is 0. The van der Waals surface area contributed by atoms with Crippen LogP contribution in [0.5, 0.6) is 28.7 Å². The number of para-hydroxylation sites is 4. The van der Waals surface area contributed by atoms with Crippen LogP contribution in [0.25, 0.3) is 0 Å². The fourth-order valence-corrected chi connectivity index (χ4v) is 3.54. The van der Waals surface area contributed by atoms with Crippen molar-refractivity contribution in [3.63, 3.8) is 0 Å². The summed E-state index contributed by atoms with van der Waals surface area (Å²) >= 11 is 0. The topological polar surface area (TPSA) is 91.1 Å². The Kier molecular flexibility index (Phi) is 5.93. The second-order valence-electron chi connectivity index (χ2n) is 7.21. The molecule has 0 aromatic heterocycles. The third-order valence-electron chi connectivity index (χ3n) is 5.12. The minimum atomic E-state index is -0.547. The molecule has 0 saturated heterocycles. The van der Waals surface area contributed by atoms with Crippen LogP contribution >= 0.6 is 0 Å². The Hall–Kier alpha value is -4.07. The van der Waals surface area contributed by atoms with E-state index in [-0.39, 0.29) is 28.7 Å². The van der Waals surface area contributed by atoms with E-state index in [9.17, 15) is 14.9 Å². The molecule has 0 N–H and O–H groups in total. The number of carbonyl (C=O) groups is 1. The van der Waals surface area contributed by atoms with Gasteiger partial charge >= 0.3 is 0 Å². The molecule has 3 aromatic rings. The first kappa shape index (κ1) is 21.2. The van der Waals surface area contributed by atoms with Gasteiger partial charge in [0.05, 0.1) is 29.9 Å². The molecule has 1 amide bonds. The van der Waals surface area contributed by atoms with Crippen LogP contribution in [0.15, 0.2) is 60.7 Å². The quantitative estimate of drug-likeness (QED) is 0.337. The standard InChI is InChI=1S/C24H22N2O6/c1-3-4-13-25-17-9-5-6-10-18(17)31-21-14-16(26(28)29)15-22(23(21)24(25)27)32-20-12-8-7-11-19(20)30-2/h5-12,14-15H,3-4,13H2,1-2H3. The third-order valence-corrected chi connectivity index (χ3v) is 5.12. The summed E-state index contributed by atoms with van der Waals surface area (Å²) in [6, 6.07) is 16.5. The number of nitro groups is 1. The largest absolute Gasteiger partial charge is 0.493 e. The van der Waals surface area contributed by atoms with Gasteiger partial charge in [-0.1, -0.05) is 37.6 Å². The van der Waals surface area contributed by atoms with Gasteiger partial charge in [-0.05, 0) is 30.7 Å². The van der Waals surface area contributed by atoms with Crippen molar-refractivity contribution in [2.45, 2.75) is 19.8 Å². The average molecular weight is 434 g/mol. The maximum atomic E-state index is 13.7. The summed E-state index contributed by atoms with van der Waals surface area (Å²) in [7, 11) is 1.49. The van der Waals surface area contributed by atoms with Gasteiger partial charge in [0.1, 0.15) is 5.56 Å². The molecule has 1 heterocycles. The van der Waals surface area contributed by atoms with Crippen LogP contribution in [0.4, 0.5) is 11.4 Å². The van der Waals surface area contributed by atoms with Crippen molar-refractivity contribution in [2.24, 2.45) is 0 Å². The van der Waals surface area contributed by atoms with Crippen LogP contribution < -0.4 is 19.1 Å². The van der Waals surface area contributed by atoms with Crippen LogP contribution in [-0.2, 0) is 0 Å². The van der Waals surface area contributed by atoms with E-state index < -0.39 is 4.92 Å². The highest BCUT2D eigenvalue weighted by Crippen LogP contribution is 2.45. The monoisotopic (exact) mass is 434 g/mol. The van der Waals surface area contributed by atoms with Crippen molar-refractivity contribution < 1.29 is 23.9 Å². The van der Waals surface area contributed by atoms with Crippen molar-refractivity contribution in [2.75, 3.05) is 18.6 Å². The Bertz CT molecular complexity index is 1180. The molecule has 0 atom stereocenters. The first-order valence-electron chi connectivity index (χ1n) is 10.3. The fraction of sp³-hybridized carbons (Fsp3) is 0.208. The summed E-state index contributed by atoms with van der Waals surface area (Å²) in [5.74, 6) is 0.949. The Morgan fingerprint density at radius 2 is 1.72 bits per heavy atom. The number of benzene rings is 3. The Balaban J connectivity index is 1.90. The third kappa shape index (κ3) is 3.94. The highest BCUT2D eigenvalue weighted by atomic mass is 16.6. The normalized spacial score (nSPS) is 12.3. The molecule has 0 saturated carbocycles. The van der Waals surface area contributed by atoms with Gasteiger partial charge in [0.15, 0.2) is 28.7 Å². The molecule has 1 aliphatic heterocycles. The summed E-state index contributed by atoms with van der Waals surface area (Å²) in [6.45, 7) is 2.51. The zero-order valence-electron chi connectivity index (χ0n) is 17.7. The number of non-ortho nitro benzene ring substituents is 1. The molecular weight excluding hydrogens is 412 g/mol. The number of unbranched alkanes of at least 4 members (excludes halogenated alkanes) is 1. The van der Waals surface area contributed by atoms with Crippen LogP contribution in [0, 0.1) is 10.1 Å². The highest BCUT2D eigenvalue weighted by Gasteiger charge is 2.33. The molecule has 32 heavy (non-hydrogen) atoms. The summed E-state index contributed by atoms with van der Waals surface area (Å²) in [4.78, 5) is 26.4. The van der Waals surface area contributed by atoms with E-state index in [4.69, 9.17) is 14.2 Å². The molecular formula is C24H22N2O6. The summed E-state index contributed by atoms with van der Waals surface area (Å²) < 4.78 is 17.4. The predicted octanol–water partition coefficient (Wildman–Crippen LogP) is 5.95. The van der Waals surface area contributed by atoms with E-state index in [1.807, 2.05) is 13.0 Å². The molecule has 0 spiro atoms. The van der Waals surface area contributed by atoms with Crippen LogP contribution in [0.1, 0.15) is 30.1 Å². The second-order valence-corrected chi connectivity index (χ2v) is 7.21. The highest BCUT2D eigenvalue weighted by molar-refractivity contribution is 6.11. The number of fused-ring (bicyclic) bond motifs is 2. The number of nitrogens with zero attached hydrogens (tertiary/aromatic N) is 2. The zero-order chi connectivity index (χ0) is 22.7. The van der Waals surface area contributed by atoms with Crippen LogP contribution in [-0.4, -0.2) is 24.5 Å². The lowest BCUT2D eigenvalue weighted by atomic mass is 10.1. The number of hydrogen-bond acceptors (Lipinski definition) is 6. The molecule has 0 bridgehead atoms. The van der Waals surface area contributed by atoms with Gasteiger partial charge in [-0.25, -0.2) is 0 Å². The lowest BCUT2D eigenvalue weighted by molar-refractivity contribution is -0.385. The minimum Gasteiger partial charge on any atom is -0.493 e. The Labute approximate surface area is 185 Å². The minimum absolute atomic E-state index is 0.0259. The van der Waals surface area contributed by atoms with E-state index in [0.29, 0.717) is 29.5 Å². The summed E-state index contributed by atoms with van der Waals surface area (Å²) in [5.41, 5.74) is 0.475. The lowest BCUT2D eigenvalue weighted by Crippen LogP contribution is -2.31. The van der Waals surface area contributed by atoms with E-state index in [2.05, 4.69) is 0 Å². The van der Waals surface area contributed by atoms with Gasteiger partial charge in [-0.2, -0.15) is 0 Å². The fourth-order valence-electron chi connectivity index (χ4n) is 3.54. The van der Waals surface area contributed by atoms with Crippen molar-refractivity contribution in [1.29, 1.82) is 0 Å². The molecule has 0 aliphatic carbocycles. The summed E-state index contributed by atoms with van der Waals surface area (Å²) in [6.07, 6.45) is 1.68. The van der Waals surface area contributed by atoms with E-state index in [1.54, 1.807) is 47.4 Å². The van der Waals surface area contributed by atoms with Gasteiger partial charge in [0.25, 0.3) is 11.6 Å². The number of carbonyl (C=O) groups excluding carboxylic acids is 1. The first-order chi connectivity index (χ1) is 15.5. The Morgan fingerprint density at radius 3 is 2.44 bits per heavy atom. The molecule has 8 heteroatoms. The number of rotatable bonds is 7. The number of anilines is 1. The van der Waals surface area contributed by atoms with E-state index in [0.717, 1.165) is 12.8 Å². The second kappa shape index (κ2) is 8.97. The molecule has 1 aliphatic rings. The van der Waals surface area contributed by atoms with Crippen molar-refractivity contribution in [3.8, 4) is 28.7 Å². The molecule has 3 aromatic carbocycles.